The van der Waals surface area contributed by atoms with Gasteiger partial charge in [0.1, 0.15) is 5.57 Å². The van der Waals surface area contributed by atoms with Crippen molar-refractivity contribution in [3.63, 3.8) is 0 Å². The van der Waals surface area contributed by atoms with E-state index in [9.17, 15) is 14.4 Å². The fourth-order valence-electron chi connectivity index (χ4n) is 4.33. The van der Waals surface area contributed by atoms with E-state index in [-0.39, 0.29) is 10.7 Å². The molecule has 0 aliphatic carbocycles. The highest BCUT2D eigenvalue weighted by molar-refractivity contribution is 7.80. The molecule has 2 amide bonds. The molecule has 1 aliphatic rings. The number of benzene rings is 2. The molecule has 2 aromatic carbocycles. The van der Waals surface area contributed by atoms with Crippen LogP contribution in [0, 0.1) is 20.8 Å². The Morgan fingerprint density at radius 1 is 1.06 bits per heavy atom. The lowest BCUT2D eigenvalue weighted by Crippen LogP contribution is -2.54. The molecular formula is C28H27N3O4S. The summed E-state index contributed by atoms with van der Waals surface area (Å²) in [5.41, 5.74) is 6.34. The molecule has 0 saturated carbocycles. The fraction of sp³-hybridized carbons (Fsp3) is 0.214. The average molecular weight is 502 g/mol. The lowest BCUT2D eigenvalue weighted by molar-refractivity contribution is -0.122. The number of esters is 1. The first kappa shape index (κ1) is 25.1. The van der Waals surface area contributed by atoms with Gasteiger partial charge in [0, 0.05) is 17.1 Å². The number of aryl methyl sites for hydroxylation is 3. The summed E-state index contributed by atoms with van der Waals surface area (Å²) in [5.74, 6) is -1.45. The Balaban J connectivity index is 1.76. The van der Waals surface area contributed by atoms with Crippen molar-refractivity contribution in [2.75, 3.05) is 12.0 Å². The SMILES string of the molecule is CCc1ccc(N2C(=O)/C(=C/c3cc(C)n(-c4cc(C(=O)OC)ccc4C)c3C)C(=O)NC2=S)cc1. The molecule has 3 aromatic rings. The van der Waals surface area contributed by atoms with Crippen LogP contribution in [-0.2, 0) is 20.7 Å². The summed E-state index contributed by atoms with van der Waals surface area (Å²) in [5, 5.41) is 2.68. The normalized spacial score (nSPS) is 14.9. The molecule has 36 heavy (non-hydrogen) atoms. The highest BCUT2D eigenvalue weighted by atomic mass is 32.1. The van der Waals surface area contributed by atoms with Gasteiger partial charge in [0.15, 0.2) is 5.11 Å². The van der Waals surface area contributed by atoms with Crippen molar-refractivity contribution in [1.29, 1.82) is 0 Å². The molecule has 4 rings (SSSR count). The maximum Gasteiger partial charge on any atom is 0.337 e. The highest BCUT2D eigenvalue weighted by Gasteiger charge is 2.34. The minimum absolute atomic E-state index is 0.0107. The zero-order valence-electron chi connectivity index (χ0n) is 20.8. The van der Waals surface area contributed by atoms with Crippen LogP contribution in [0.2, 0.25) is 0 Å². The van der Waals surface area contributed by atoms with Crippen LogP contribution in [0.15, 0.2) is 54.1 Å². The Morgan fingerprint density at radius 3 is 2.39 bits per heavy atom. The minimum atomic E-state index is -0.542. The van der Waals surface area contributed by atoms with E-state index in [0.717, 1.165) is 34.6 Å². The molecule has 0 atom stereocenters. The number of hydrogen-bond donors (Lipinski definition) is 1. The summed E-state index contributed by atoms with van der Waals surface area (Å²) in [6.07, 6.45) is 2.46. The lowest BCUT2D eigenvalue weighted by Gasteiger charge is -2.29. The number of hydrogen-bond acceptors (Lipinski definition) is 5. The number of nitrogens with zero attached hydrogens (tertiary/aromatic N) is 2. The Labute approximate surface area is 215 Å². The second-order valence-corrected chi connectivity index (χ2v) is 9.02. The van der Waals surface area contributed by atoms with Crippen molar-refractivity contribution >= 4 is 46.9 Å². The van der Waals surface area contributed by atoms with E-state index in [1.807, 2.05) is 61.7 Å². The zero-order valence-corrected chi connectivity index (χ0v) is 21.7. The summed E-state index contributed by atoms with van der Waals surface area (Å²) in [7, 11) is 1.34. The van der Waals surface area contributed by atoms with E-state index < -0.39 is 17.8 Å². The topological polar surface area (TPSA) is 80.6 Å². The molecule has 0 radical (unpaired) electrons. The maximum absolute atomic E-state index is 13.4. The summed E-state index contributed by atoms with van der Waals surface area (Å²) in [6.45, 7) is 7.84. The van der Waals surface area contributed by atoms with E-state index in [2.05, 4.69) is 12.2 Å². The summed E-state index contributed by atoms with van der Waals surface area (Å²) in [6, 6.07) is 14.8. The van der Waals surface area contributed by atoms with E-state index >= 15 is 0 Å². The highest BCUT2D eigenvalue weighted by Crippen LogP contribution is 2.28. The molecule has 1 fully saturated rings. The second kappa shape index (κ2) is 9.91. The molecule has 7 nitrogen and oxygen atoms in total. The van der Waals surface area contributed by atoms with Crippen molar-refractivity contribution < 1.29 is 19.1 Å². The van der Waals surface area contributed by atoms with Gasteiger partial charge in [-0.1, -0.05) is 25.1 Å². The second-order valence-electron chi connectivity index (χ2n) is 8.63. The molecule has 1 saturated heterocycles. The van der Waals surface area contributed by atoms with Crippen molar-refractivity contribution in [3.8, 4) is 5.69 Å². The largest absolute Gasteiger partial charge is 0.465 e. The van der Waals surface area contributed by atoms with Crippen LogP contribution in [0.5, 0.6) is 0 Å². The zero-order chi connectivity index (χ0) is 26.1. The van der Waals surface area contributed by atoms with Crippen molar-refractivity contribution in [2.45, 2.75) is 34.1 Å². The third-order valence-corrected chi connectivity index (χ3v) is 6.63. The number of carbonyl (C=O) groups is 3. The molecule has 1 N–H and O–H groups in total. The van der Waals surface area contributed by atoms with Crippen LogP contribution < -0.4 is 10.2 Å². The smallest absolute Gasteiger partial charge is 0.337 e. The molecule has 184 valence electrons. The number of ether oxygens (including phenoxy) is 1. The first-order valence-corrected chi connectivity index (χ1v) is 12.0. The standard InChI is InChI=1S/C28H27N3O4S/c1-6-19-8-11-22(12-9-19)31-26(33)23(25(32)29-28(31)36)14-21-13-17(3)30(18(21)4)24-15-20(27(34)35-5)10-7-16(24)2/h7-15H,6H2,1-5H3,(H,29,32,36)/b23-14+. The number of amides is 2. The molecule has 0 spiro atoms. The average Bonchev–Trinajstić information content (AvgIpc) is 3.14. The predicted octanol–water partition coefficient (Wildman–Crippen LogP) is 4.58. The van der Waals surface area contributed by atoms with Gasteiger partial charge < -0.3 is 9.30 Å². The lowest BCUT2D eigenvalue weighted by atomic mass is 10.1. The van der Waals surface area contributed by atoms with Crippen molar-refractivity contribution in [1.82, 2.24) is 9.88 Å². The molecule has 1 aromatic heterocycles. The first-order valence-electron chi connectivity index (χ1n) is 11.5. The summed E-state index contributed by atoms with van der Waals surface area (Å²) in [4.78, 5) is 39.7. The fourth-order valence-corrected chi connectivity index (χ4v) is 4.61. The Kier molecular flexibility index (Phi) is 6.90. The molecule has 2 heterocycles. The van der Waals surface area contributed by atoms with Gasteiger partial charge in [0.2, 0.25) is 0 Å². The van der Waals surface area contributed by atoms with E-state index in [4.69, 9.17) is 17.0 Å². The number of anilines is 1. The predicted molar refractivity (Wildman–Crippen MR) is 143 cm³/mol. The van der Waals surface area contributed by atoms with Crippen LogP contribution >= 0.6 is 12.2 Å². The van der Waals surface area contributed by atoms with Crippen LogP contribution in [0.1, 0.15) is 45.4 Å². The van der Waals surface area contributed by atoms with E-state index in [1.165, 1.54) is 12.0 Å². The number of aromatic nitrogens is 1. The van der Waals surface area contributed by atoms with Crippen molar-refractivity contribution in [3.05, 3.63) is 87.7 Å². The van der Waals surface area contributed by atoms with Gasteiger partial charge in [-0.25, -0.2) is 4.79 Å². The Hall–Kier alpha value is -4.04. The van der Waals surface area contributed by atoms with Gasteiger partial charge in [-0.15, -0.1) is 0 Å². The quantitative estimate of drug-likeness (QED) is 0.240. The summed E-state index contributed by atoms with van der Waals surface area (Å²) >= 11 is 5.32. The summed E-state index contributed by atoms with van der Waals surface area (Å²) < 4.78 is 6.86. The van der Waals surface area contributed by atoms with Crippen LogP contribution in [0.3, 0.4) is 0 Å². The maximum atomic E-state index is 13.4. The van der Waals surface area contributed by atoms with Gasteiger partial charge in [-0.3, -0.25) is 19.8 Å². The van der Waals surface area contributed by atoms with Gasteiger partial charge in [-0.05, 0) is 92.5 Å². The third-order valence-electron chi connectivity index (χ3n) is 6.35. The Morgan fingerprint density at radius 2 is 1.75 bits per heavy atom. The minimum Gasteiger partial charge on any atom is -0.465 e. The van der Waals surface area contributed by atoms with Gasteiger partial charge in [-0.2, -0.15) is 0 Å². The third kappa shape index (κ3) is 4.47. The van der Waals surface area contributed by atoms with Gasteiger partial charge in [0.05, 0.1) is 18.4 Å². The van der Waals surface area contributed by atoms with Crippen LogP contribution in [0.4, 0.5) is 5.69 Å². The monoisotopic (exact) mass is 501 g/mol. The number of methoxy groups -OCH3 is 1. The molecule has 1 aliphatic heterocycles. The molecule has 0 bridgehead atoms. The van der Waals surface area contributed by atoms with E-state index in [0.29, 0.717) is 16.8 Å². The molecule has 0 unspecified atom stereocenters. The first-order chi connectivity index (χ1) is 17.2. The number of thiocarbonyl (C=S) groups is 1. The van der Waals surface area contributed by atoms with Crippen molar-refractivity contribution in [2.24, 2.45) is 0 Å². The van der Waals surface area contributed by atoms with Crippen LogP contribution in [0.25, 0.3) is 11.8 Å². The number of nitrogens with one attached hydrogen (secondary N) is 1. The van der Waals surface area contributed by atoms with Crippen LogP contribution in [-0.4, -0.2) is 34.6 Å². The van der Waals surface area contributed by atoms with Gasteiger partial charge >= 0.3 is 5.97 Å². The van der Waals surface area contributed by atoms with E-state index in [1.54, 1.807) is 18.2 Å². The molecular weight excluding hydrogens is 474 g/mol. The number of rotatable bonds is 5. The molecule has 8 heteroatoms. The van der Waals surface area contributed by atoms with Gasteiger partial charge in [0.25, 0.3) is 11.8 Å². The number of carbonyl (C=O) groups excluding carboxylic acids is 3. The Bertz CT molecular complexity index is 1430.